The van der Waals surface area contributed by atoms with Crippen molar-refractivity contribution in [3.63, 3.8) is 0 Å². The molecule has 1 unspecified atom stereocenters. The summed E-state index contributed by atoms with van der Waals surface area (Å²) in [5.41, 5.74) is 5.13. The number of nitrogens with zero attached hydrogens (tertiary/aromatic N) is 3. The summed E-state index contributed by atoms with van der Waals surface area (Å²) in [6.45, 7) is 8.09. The monoisotopic (exact) mass is 372 g/mol. The second kappa shape index (κ2) is 8.10. The van der Waals surface area contributed by atoms with Crippen molar-refractivity contribution in [2.24, 2.45) is 0 Å². The van der Waals surface area contributed by atoms with Gasteiger partial charge in [0.15, 0.2) is 0 Å². The normalized spacial score (nSPS) is 11.9. The van der Waals surface area contributed by atoms with Gasteiger partial charge >= 0.3 is 0 Å². The minimum absolute atomic E-state index is 0.134. The van der Waals surface area contributed by atoms with Crippen LogP contribution in [0.2, 0.25) is 0 Å². The first kappa shape index (κ1) is 19.4. The lowest BCUT2D eigenvalue weighted by atomic mass is 10.0. The van der Waals surface area contributed by atoms with E-state index in [1.165, 1.54) is 5.56 Å². The summed E-state index contributed by atoms with van der Waals surface area (Å²) in [6.07, 6.45) is 1.63. The number of rotatable bonds is 5. The molecule has 0 aliphatic heterocycles. The topological polar surface area (TPSA) is 70.7 Å². The molecule has 2 aromatic carbocycles. The van der Waals surface area contributed by atoms with E-state index in [9.17, 15) is 4.79 Å². The maximum atomic E-state index is 13.0. The highest BCUT2D eigenvalue weighted by atomic mass is 16.1. The predicted octanol–water partition coefficient (Wildman–Crippen LogP) is 4.67. The highest BCUT2D eigenvalue weighted by molar-refractivity contribution is 5.95. The van der Waals surface area contributed by atoms with Crippen LogP contribution in [0.25, 0.3) is 5.69 Å². The van der Waals surface area contributed by atoms with Crippen molar-refractivity contribution in [1.82, 2.24) is 15.1 Å². The van der Waals surface area contributed by atoms with Crippen molar-refractivity contribution in [2.75, 3.05) is 0 Å². The predicted molar refractivity (Wildman–Crippen MR) is 109 cm³/mol. The lowest BCUT2D eigenvalue weighted by Gasteiger charge is -2.16. The maximum absolute atomic E-state index is 13.0. The van der Waals surface area contributed by atoms with Gasteiger partial charge in [-0.05, 0) is 49.6 Å². The molecule has 5 nitrogen and oxygen atoms in total. The van der Waals surface area contributed by atoms with Gasteiger partial charge in [-0.1, -0.05) is 43.7 Å². The second-order valence-electron chi connectivity index (χ2n) is 7.27. The fourth-order valence-corrected chi connectivity index (χ4v) is 3.18. The van der Waals surface area contributed by atoms with Gasteiger partial charge in [-0.2, -0.15) is 10.4 Å². The van der Waals surface area contributed by atoms with Gasteiger partial charge in [0, 0.05) is 0 Å². The first-order valence-corrected chi connectivity index (χ1v) is 9.36. The molecule has 5 heteroatoms. The zero-order valence-electron chi connectivity index (χ0n) is 16.6. The highest BCUT2D eigenvalue weighted by Gasteiger charge is 2.22. The van der Waals surface area contributed by atoms with Gasteiger partial charge in [0.1, 0.15) is 0 Å². The van der Waals surface area contributed by atoms with E-state index < -0.39 is 0 Å². The number of hydrogen-bond acceptors (Lipinski definition) is 3. The number of carbonyl (C=O) groups is 1. The summed E-state index contributed by atoms with van der Waals surface area (Å²) >= 11 is 0. The Kier molecular flexibility index (Phi) is 5.60. The molecule has 0 saturated carbocycles. The number of amides is 1. The molecule has 142 valence electrons. The molecular formula is C23H24N4O. The smallest absolute Gasteiger partial charge is 0.255 e. The van der Waals surface area contributed by atoms with E-state index in [0.29, 0.717) is 11.1 Å². The average Bonchev–Trinajstić information content (AvgIpc) is 3.14. The third-order valence-electron chi connectivity index (χ3n) is 4.76. The van der Waals surface area contributed by atoms with E-state index in [1.54, 1.807) is 18.3 Å². The second-order valence-corrected chi connectivity index (χ2v) is 7.27. The zero-order valence-corrected chi connectivity index (χ0v) is 16.6. The minimum atomic E-state index is -0.178. The van der Waals surface area contributed by atoms with E-state index in [2.05, 4.69) is 30.3 Å². The van der Waals surface area contributed by atoms with E-state index in [-0.39, 0.29) is 17.9 Å². The molecule has 1 heterocycles. The Hall–Kier alpha value is -3.39. The minimum Gasteiger partial charge on any atom is -0.345 e. The van der Waals surface area contributed by atoms with Crippen LogP contribution in [0.1, 0.15) is 65.5 Å². The number of carbonyl (C=O) groups excluding carboxylic acids is 1. The third kappa shape index (κ3) is 3.96. The van der Waals surface area contributed by atoms with Gasteiger partial charge in [-0.25, -0.2) is 4.68 Å². The van der Waals surface area contributed by atoms with Crippen LogP contribution in [-0.4, -0.2) is 15.7 Å². The lowest BCUT2D eigenvalue weighted by molar-refractivity contribution is 0.0938. The first-order chi connectivity index (χ1) is 13.4. The summed E-state index contributed by atoms with van der Waals surface area (Å²) in [6, 6.07) is 17.3. The third-order valence-corrected chi connectivity index (χ3v) is 4.76. The molecular weight excluding hydrogens is 348 g/mol. The van der Waals surface area contributed by atoms with Gasteiger partial charge in [0.25, 0.3) is 5.91 Å². The molecule has 0 aliphatic rings. The maximum Gasteiger partial charge on any atom is 0.255 e. The summed E-state index contributed by atoms with van der Waals surface area (Å²) < 4.78 is 1.84. The van der Waals surface area contributed by atoms with E-state index in [1.807, 2.05) is 54.9 Å². The largest absolute Gasteiger partial charge is 0.345 e. The van der Waals surface area contributed by atoms with Crippen LogP contribution in [0.3, 0.4) is 0 Å². The quantitative estimate of drug-likeness (QED) is 0.708. The van der Waals surface area contributed by atoms with E-state index in [4.69, 9.17) is 5.26 Å². The summed E-state index contributed by atoms with van der Waals surface area (Å²) in [4.78, 5) is 13.0. The molecule has 3 rings (SSSR count). The van der Waals surface area contributed by atoms with Gasteiger partial charge in [0.05, 0.1) is 40.8 Å². The van der Waals surface area contributed by atoms with Crippen LogP contribution in [0, 0.1) is 18.3 Å². The van der Waals surface area contributed by atoms with Crippen molar-refractivity contribution in [1.29, 1.82) is 5.26 Å². The Morgan fingerprint density at radius 3 is 2.29 bits per heavy atom. The van der Waals surface area contributed by atoms with Gasteiger partial charge in [-0.15, -0.1) is 0 Å². The fraction of sp³-hybridized carbons (Fsp3) is 0.261. The molecule has 0 fully saturated rings. The molecule has 3 aromatic rings. The van der Waals surface area contributed by atoms with Gasteiger partial charge in [0.2, 0.25) is 0 Å². The molecule has 1 aromatic heterocycles. The van der Waals surface area contributed by atoms with Crippen molar-refractivity contribution in [2.45, 2.75) is 39.7 Å². The Balaban J connectivity index is 1.87. The first-order valence-electron chi connectivity index (χ1n) is 9.36. The van der Waals surface area contributed by atoms with Crippen LogP contribution < -0.4 is 5.32 Å². The zero-order chi connectivity index (χ0) is 20.3. The van der Waals surface area contributed by atoms with E-state index >= 15 is 0 Å². The van der Waals surface area contributed by atoms with Gasteiger partial charge in [-0.3, -0.25) is 4.79 Å². The van der Waals surface area contributed by atoms with Crippen LogP contribution in [-0.2, 0) is 0 Å². The highest BCUT2D eigenvalue weighted by Crippen LogP contribution is 2.24. The Labute approximate surface area is 165 Å². The number of hydrogen-bond donors (Lipinski definition) is 1. The Morgan fingerprint density at radius 1 is 1.07 bits per heavy atom. The van der Waals surface area contributed by atoms with Crippen molar-refractivity contribution < 1.29 is 4.79 Å². The van der Waals surface area contributed by atoms with Crippen molar-refractivity contribution in [3.8, 4) is 11.8 Å². The summed E-state index contributed by atoms with van der Waals surface area (Å²) in [5, 5.41) is 16.5. The van der Waals surface area contributed by atoms with Crippen LogP contribution in [0.15, 0.2) is 54.7 Å². The number of nitrogens with one attached hydrogen (secondary N) is 1. The van der Waals surface area contributed by atoms with Crippen molar-refractivity contribution in [3.05, 3.63) is 82.7 Å². The number of aromatic nitrogens is 2. The molecule has 1 atom stereocenters. The molecule has 0 bridgehead atoms. The molecule has 0 radical (unpaired) electrons. The number of benzene rings is 2. The summed E-state index contributed by atoms with van der Waals surface area (Å²) in [7, 11) is 0. The molecule has 1 N–H and O–H groups in total. The van der Waals surface area contributed by atoms with Crippen molar-refractivity contribution >= 4 is 5.91 Å². The van der Waals surface area contributed by atoms with Crippen LogP contribution >= 0.6 is 0 Å². The molecule has 0 aliphatic carbocycles. The van der Waals surface area contributed by atoms with E-state index in [0.717, 1.165) is 16.9 Å². The molecule has 28 heavy (non-hydrogen) atoms. The Morgan fingerprint density at radius 2 is 1.71 bits per heavy atom. The fourth-order valence-electron chi connectivity index (χ4n) is 3.18. The lowest BCUT2D eigenvalue weighted by Crippen LogP contribution is -2.27. The standard InChI is InChI=1S/C23H24N4O/c1-15(2)22-21(14-25-27(22)20-11-5-16(3)6-12-20)23(28)26-17(4)19-9-7-18(13-24)8-10-19/h5-12,14-15,17H,1-4H3,(H,26,28). The molecule has 1 amide bonds. The molecule has 0 spiro atoms. The van der Waals surface area contributed by atoms with Crippen LogP contribution in [0.4, 0.5) is 0 Å². The Bertz CT molecular complexity index is 1010. The molecule has 0 saturated heterocycles. The van der Waals surface area contributed by atoms with Gasteiger partial charge < -0.3 is 5.32 Å². The average molecular weight is 372 g/mol. The number of aryl methyl sites for hydroxylation is 1. The SMILES string of the molecule is Cc1ccc(-n2ncc(C(=O)NC(C)c3ccc(C#N)cc3)c2C(C)C)cc1. The summed E-state index contributed by atoms with van der Waals surface area (Å²) in [5.74, 6) is -0.0197. The number of nitriles is 1. The van der Waals surface area contributed by atoms with Crippen LogP contribution in [0.5, 0.6) is 0 Å².